The largest absolute Gasteiger partial charge is 0.356 e. The smallest absolute Gasteiger partial charge is 0.329 e. The summed E-state index contributed by atoms with van der Waals surface area (Å²) in [7, 11) is 1.78. The first kappa shape index (κ1) is 13.6. The molecule has 0 spiro atoms. The van der Waals surface area contributed by atoms with Gasteiger partial charge in [0.25, 0.3) is 0 Å². The van der Waals surface area contributed by atoms with Crippen LogP contribution in [0.25, 0.3) is 22.4 Å². The fourth-order valence-electron chi connectivity index (χ4n) is 2.80. The van der Waals surface area contributed by atoms with E-state index in [9.17, 15) is 4.79 Å². The number of para-hydroxylation sites is 2. The molecule has 4 aromatic rings. The van der Waals surface area contributed by atoms with Gasteiger partial charge in [0.2, 0.25) is 0 Å². The van der Waals surface area contributed by atoms with Gasteiger partial charge in [0, 0.05) is 18.7 Å². The van der Waals surface area contributed by atoms with Gasteiger partial charge in [0.05, 0.1) is 17.6 Å². The highest BCUT2D eigenvalue weighted by Crippen LogP contribution is 2.20. The van der Waals surface area contributed by atoms with E-state index >= 15 is 0 Å². The molecule has 0 aliphatic rings. The lowest BCUT2D eigenvalue weighted by Crippen LogP contribution is -2.22. The van der Waals surface area contributed by atoms with Crippen LogP contribution in [0.5, 0.6) is 0 Å². The van der Waals surface area contributed by atoms with E-state index in [4.69, 9.17) is 4.52 Å². The first-order chi connectivity index (χ1) is 11.2. The zero-order valence-corrected chi connectivity index (χ0v) is 12.6. The average Bonchev–Trinajstić information content (AvgIpc) is 3.16. The maximum atomic E-state index is 12.4. The third-order valence-corrected chi connectivity index (χ3v) is 3.99. The molecular weight excluding hydrogens is 290 g/mol. The second kappa shape index (κ2) is 5.28. The van der Waals surface area contributed by atoms with Crippen molar-refractivity contribution in [3.63, 3.8) is 0 Å². The Morgan fingerprint density at radius 2 is 1.70 bits per heavy atom. The van der Waals surface area contributed by atoms with Crippen LogP contribution in [0, 0.1) is 0 Å². The Labute approximate surface area is 132 Å². The molecule has 5 nitrogen and oxygen atoms in total. The molecule has 4 rings (SSSR count). The third-order valence-electron chi connectivity index (χ3n) is 3.99. The van der Waals surface area contributed by atoms with E-state index in [2.05, 4.69) is 5.16 Å². The van der Waals surface area contributed by atoms with Crippen LogP contribution >= 0.6 is 0 Å². The first-order valence-corrected chi connectivity index (χ1v) is 7.39. The zero-order valence-electron chi connectivity index (χ0n) is 12.6. The number of nitrogens with zero attached hydrogens (tertiary/aromatic N) is 3. The molecule has 2 heterocycles. The number of aromatic nitrogens is 3. The van der Waals surface area contributed by atoms with E-state index in [-0.39, 0.29) is 5.69 Å². The standard InChI is InChI=1S/C18H15N3O2/c1-20-15-9-5-6-10-16(15)21(18(20)22)12-14-11-17(23-19-14)13-7-3-2-4-8-13/h2-11H,12H2,1H3. The van der Waals surface area contributed by atoms with E-state index in [1.165, 1.54) is 0 Å². The first-order valence-electron chi connectivity index (χ1n) is 7.39. The van der Waals surface area contributed by atoms with Crippen LogP contribution in [-0.4, -0.2) is 14.3 Å². The summed E-state index contributed by atoms with van der Waals surface area (Å²) in [6.07, 6.45) is 0. The Hall–Kier alpha value is -3.08. The van der Waals surface area contributed by atoms with Crippen LogP contribution in [-0.2, 0) is 13.6 Å². The molecule has 0 fully saturated rings. The van der Waals surface area contributed by atoms with Gasteiger partial charge in [-0.1, -0.05) is 47.6 Å². The van der Waals surface area contributed by atoms with Crippen molar-refractivity contribution in [2.24, 2.45) is 7.05 Å². The fourth-order valence-corrected chi connectivity index (χ4v) is 2.80. The van der Waals surface area contributed by atoms with E-state index in [0.717, 1.165) is 22.3 Å². The Morgan fingerprint density at radius 3 is 2.48 bits per heavy atom. The van der Waals surface area contributed by atoms with Crippen molar-refractivity contribution >= 4 is 11.0 Å². The number of fused-ring (bicyclic) bond motifs is 1. The highest BCUT2D eigenvalue weighted by atomic mass is 16.5. The fraction of sp³-hybridized carbons (Fsp3) is 0.111. The second-order valence-corrected chi connectivity index (χ2v) is 5.46. The van der Waals surface area contributed by atoms with E-state index in [1.807, 2.05) is 60.7 Å². The molecule has 0 N–H and O–H groups in total. The maximum absolute atomic E-state index is 12.4. The molecule has 0 atom stereocenters. The second-order valence-electron chi connectivity index (χ2n) is 5.46. The molecule has 0 saturated carbocycles. The van der Waals surface area contributed by atoms with Crippen LogP contribution in [0.15, 0.2) is 70.0 Å². The monoisotopic (exact) mass is 305 g/mol. The van der Waals surface area contributed by atoms with Gasteiger partial charge in [-0.3, -0.25) is 9.13 Å². The number of hydrogen-bond acceptors (Lipinski definition) is 3. The molecule has 0 bridgehead atoms. The van der Waals surface area contributed by atoms with Crippen molar-refractivity contribution in [3.8, 4) is 11.3 Å². The van der Waals surface area contributed by atoms with Gasteiger partial charge in [-0.15, -0.1) is 0 Å². The van der Waals surface area contributed by atoms with E-state index in [1.54, 1.807) is 16.2 Å². The molecule has 2 aromatic heterocycles. The SMILES string of the molecule is Cn1c(=O)n(Cc2cc(-c3ccccc3)on2)c2ccccc21. The Morgan fingerprint density at radius 1 is 1.00 bits per heavy atom. The van der Waals surface area contributed by atoms with Crippen molar-refractivity contribution in [3.05, 3.63) is 76.8 Å². The topological polar surface area (TPSA) is 53.0 Å². The molecule has 114 valence electrons. The number of benzene rings is 2. The molecule has 0 radical (unpaired) electrons. The molecule has 0 aliphatic carbocycles. The van der Waals surface area contributed by atoms with Gasteiger partial charge in [0.1, 0.15) is 5.69 Å². The zero-order chi connectivity index (χ0) is 15.8. The lowest BCUT2D eigenvalue weighted by atomic mass is 10.1. The summed E-state index contributed by atoms with van der Waals surface area (Å²) in [6.45, 7) is 0.385. The van der Waals surface area contributed by atoms with Crippen molar-refractivity contribution in [2.75, 3.05) is 0 Å². The van der Waals surface area contributed by atoms with Gasteiger partial charge in [-0.25, -0.2) is 4.79 Å². The summed E-state index contributed by atoms with van der Waals surface area (Å²) >= 11 is 0. The summed E-state index contributed by atoms with van der Waals surface area (Å²) in [6, 6.07) is 19.4. The quantitative estimate of drug-likeness (QED) is 0.584. The lowest BCUT2D eigenvalue weighted by Gasteiger charge is -1.98. The van der Waals surface area contributed by atoms with E-state index < -0.39 is 0 Å². The summed E-state index contributed by atoms with van der Waals surface area (Å²) < 4.78 is 8.77. The van der Waals surface area contributed by atoms with Gasteiger partial charge in [0.15, 0.2) is 5.76 Å². The Kier molecular flexibility index (Phi) is 3.12. The lowest BCUT2D eigenvalue weighted by molar-refractivity contribution is 0.421. The van der Waals surface area contributed by atoms with Gasteiger partial charge >= 0.3 is 5.69 Å². The minimum atomic E-state index is -0.0598. The third kappa shape index (κ3) is 2.26. The minimum absolute atomic E-state index is 0.0598. The molecular formula is C18H15N3O2. The summed E-state index contributed by atoms with van der Waals surface area (Å²) in [5, 5.41) is 4.10. The maximum Gasteiger partial charge on any atom is 0.329 e. The highest BCUT2D eigenvalue weighted by molar-refractivity contribution is 5.76. The summed E-state index contributed by atoms with van der Waals surface area (Å²) in [4.78, 5) is 12.4. The molecule has 0 aliphatic heterocycles. The van der Waals surface area contributed by atoms with Crippen LogP contribution in [0.3, 0.4) is 0 Å². The molecule has 23 heavy (non-hydrogen) atoms. The number of aryl methyl sites for hydroxylation is 1. The average molecular weight is 305 g/mol. The predicted octanol–water partition coefficient (Wildman–Crippen LogP) is 3.04. The van der Waals surface area contributed by atoms with Crippen LogP contribution in [0.4, 0.5) is 0 Å². The normalized spacial score (nSPS) is 11.2. The molecule has 0 amide bonds. The molecule has 5 heteroatoms. The van der Waals surface area contributed by atoms with Gasteiger partial charge in [-0.2, -0.15) is 0 Å². The van der Waals surface area contributed by atoms with Crippen molar-refractivity contribution in [2.45, 2.75) is 6.54 Å². The van der Waals surface area contributed by atoms with Crippen molar-refractivity contribution in [1.29, 1.82) is 0 Å². The minimum Gasteiger partial charge on any atom is -0.356 e. The number of imidazole rings is 1. The Balaban J connectivity index is 1.74. The van der Waals surface area contributed by atoms with Gasteiger partial charge < -0.3 is 4.52 Å². The van der Waals surface area contributed by atoms with Crippen LogP contribution < -0.4 is 5.69 Å². The number of rotatable bonds is 3. The summed E-state index contributed by atoms with van der Waals surface area (Å²) in [5.41, 5.74) is 3.43. The summed E-state index contributed by atoms with van der Waals surface area (Å²) in [5.74, 6) is 0.703. The predicted molar refractivity (Wildman–Crippen MR) is 88.2 cm³/mol. The van der Waals surface area contributed by atoms with Crippen molar-refractivity contribution < 1.29 is 4.52 Å². The molecule has 2 aromatic carbocycles. The Bertz CT molecular complexity index is 1030. The molecule has 0 unspecified atom stereocenters. The van der Waals surface area contributed by atoms with E-state index in [0.29, 0.717) is 12.3 Å². The van der Waals surface area contributed by atoms with Gasteiger partial charge in [-0.05, 0) is 12.1 Å². The highest BCUT2D eigenvalue weighted by Gasteiger charge is 2.13. The number of hydrogen-bond donors (Lipinski definition) is 0. The van der Waals surface area contributed by atoms with Crippen LogP contribution in [0.1, 0.15) is 5.69 Å². The van der Waals surface area contributed by atoms with Crippen molar-refractivity contribution in [1.82, 2.24) is 14.3 Å². The van der Waals surface area contributed by atoms with Crippen LogP contribution in [0.2, 0.25) is 0 Å². The molecule has 0 saturated heterocycles.